The number of anilines is 3. The standard InChI is InChI=1S/C26H26ClFN8O3/c1-14-6-7-29-25(30-14)35-8-10-36(11-9-35)26-33-21-17(12-16(28)13-18(21)23(37)34(26)3)15(2)31-19-4-5-20(27)32-22(19)24(38)39/h4-7,12-13,15,31H,8-11H2,1-3H3,(H,38,39)/t15-/m1/s1. The second-order valence-electron chi connectivity index (χ2n) is 9.34. The van der Waals surface area contributed by atoms with Gasteiger partial charge in [0, 0.05) is 50.7 Å². The highest BCUT2D eigenvalue weighted by Gasteiger charge is 2.25. The normalized spacial score (nSPS) is 14.5. The number of fused-ring (bicyclic) bond motifs is 1. The van der Waals surface area contributed by atoms with Crippen LogP contribution in [0.1, 0.15) is 34.7 Å². The number of rotatable bonds is 6. The molecule has 2 N–H and O–H groups in total. The maximum atomic E-state index is 14.7. The van der Waals surface area contributed by atoms with E-state index in [1.807, 2.05) is 17.9 Å². The third-order valence-corrected chi connectivity index (χ3v) is 6.89. The molecule has 4 aromatic rings. The molecule has 13 heteroatoms. The number of piperazine rings is 1. The Morgan fingerprint density at radius 1 is 1.10 bits per heavy atom. The van der Waals surface area contributed by atoms with Crippen LogP contribution >= 0.6 is 11.6 Å². The number of nitrogens with zero attached hydrogens (tertiary/aromatic N) is 7. The Kier molecular flexibility index (Phi) is 7.04. The van der Waals surface area contributed by atoms with Gasteiger partial charge in [-0.3, -0.25) is 9.36 Å². The zero-order valence-electron chi connectivity index (χ0n) is 21.5. The zero-order valence-corrected chi connectivity index (χ0v) is 22.3. The van der Waals surface area contributed by atoms with E-state index < -0.39 is 17.8 Å². The minimum atomic E-state index is -1.26. The summed E-state index contributed by atoms with van der Waals surface area (Å²) < 4.78 is 16.1. The van der Waals surface area contributed by atoms with Crippen LogP contribution in [-0.4, -0.2) is 61.8 Å². The summed E-state index contributed by atoms with van der Waals surface area (Å²) in [7, 11) is 1.62. The van der Waals surface area contributed by atoms with Crippen LogP contribution in [0.5, 0.6) is 0 Å². The van der Waals surface area contributed by atoms with Crippen LogP contribution in [-0.2, 0) is 7.05 Å². The molecule has 5 rings (SSSR count). The largest absolute Gasteiger partial charge is 0.476 e. The van der Waals surface area contributed by atoms with Gasteiger partial charge in [-0.15, -0.1) is 0 Å². The Balaban J connectivity index is 1.49. The molecule has 1 aliphatic heterocycles. The number of aromatic nitrogens is 5. The number of hydrogen-bond acceptors (Lipinski definition) is 9. The molecular weight excluding hydrogens is 527 g/mol. The fraction of sp³-hybridized carbons (Fsp3) is 0.308. The third kappa shape index (κ3) is 5.19. The number of nitrogens with one attached hydrogen (secondary N) is 1. The molecule has 1 fully saturated rings. The molecule has 0 aliphatic carbocycles. The molecule has 0 saturated carbocycles. The van der Waals surface area contributed by atoms with Crippen molar-refractivity contribution in [3.63, 3.8) is 0 Å². The van der Waals surface area contributed by atoms with Gasteiger partial charge in [0.15, 0.2) is 5.69 Å². The van der Waals surface area contributed by atoms with Gasteiger partial charge < -0.3 is 20.2 Å². The molecule has 0 spiro atoms. The first-order valence-electron chi connectivity index (χ1n) is 12.3. The Hall–Kier alpha value is -4.32. The van der Waals surface area contributed by atoms with Gasteiger partial charge in [0.25, 0.3) is 5.56 Å². The van der Waals surface area contributed by atoms with Crippen molar-refractivity contribution in [2.45, 2.75) is 19.9 Å². The number of benzene rings is 1. The average Bonchev–Trinajstić information content (AvgIpc) is 2.91. The summed E-state index contributed by atoms with van der Waals surface area (Å²) in [5.41, 5.74) is 1.17. The Morgan fingerprint density at radius 3 is 2.51 bits per heavy atom. The fourth-order valence-corrected chi connectivity index (χ4v) is 4.84. The monoisotopic (exact) mass is 552 g/mol. The smallest absolute Gasteiger partial charge is 0.356 e. The van der Waals surface area contributed by atoms with E-state index in [4.69, 9.17) is 16.6 Å². The van der Waals surface area contributed by atoms with Crippen molar-refractivity contribution >= 4 is 46.1 Å². The Morgan fingerprint density at radius 2 is 1.82 bits per heavy atom. The summed E-state index contributed by atoms with van der Waals surface area (Å²) in [5.74, 6) is -0.750. The summed E-state index contributed by atoms with van der Waals surface area (Å²) in [6.07, 6.45) is 1.73. The Labute approximate surface area is 227 Å². The second-order valence-corrected chi connectivity index (χ2v) is 9.73. The molecule has 0 amide bonds. The SMILES string of the molecule is Cc1ccnc(N2CCN(c3nc4c([C@@H](C)Nc5ccc(Cl)nc5C(=O)O)cc(F)cc4c(=O)n3C)CC2)n1. The minimum absolute atomic E-state index is 0.0330. The lowest BCUT2D eigenvalue weighted by Gasteiger charge is -2.36. The van der Waals surface area contributed by atoms with E-state index in [0.717, 1.165) is 5.69 Å². The van der Waals surface area contributed by atoms with Crippen molar-refractivity contribution < 1.29 is 14.3 Å². The highest BCUT2D eigenvalue weighted by atomic mass is 35.5. The van der Waals surface area contributed by atoms with Crippen LogP contribution in [0.4, 0.5) is 22.0 Å². The predicted molar refractivity (Wildman–Crippen MR) is 146 cm³/mol. The maximum absolute atomic E-state index is 14.7. The van der Waals surface area contributed by atoms with E-state index in [-0.39, 0.29) is 27.5 Å². The number of pyridine rings is 1. The van der Waals surface area contributed by atoms with Crippen LogP contribution in [0, 0.1) is 12.7 Å². The second kappa shape index (κ2) is 10.4. The summed E-state index contributed by atoms with van der Waals surface area (Å²) in [5, 5.41) is 12.8. The van der Waals surface area contributed by atoms with Crippen LogP contribution in [0.15, 0.2) is 41.3 Å². The molecule has 0 bridgehead atoms. The molecule has 3 aromatic heterocycles. The summed E-state index contributed by atoms with van der Waals surface area (Å²) in [4.78, 5) is 46.7. The van der Waals surface area contributed by atoms with Gasteiger partial charge in [0.1, 0.15) is 11.0 Å². The van der Waals surface area contributed by atoms with Crippen molar-refractivity contribution in [3.8, 4) is 0 Å². The summed E-state index contributed by atoms with van der Waals surface area (Å²) in [6.45, 7) is 6.06. The van der Waals surface area contributed by atoms with E-state index in [1.54, 1.807) is 20.2 Å². The molecule has 1 aliphatic rings. The lowest BCUT2D eigenvalue weighted by atomic mass is 10.0. The van der Waals surface area contributed by atoms with E-state index in [1.165, 1.54) is 28.8 Å². The molecule has 0 radical (unpaired) electrons. The number of aromatic carboxylic acids is 1. The zero-order chi connectivity index (χ0) is 27.8. The maximum Gasteiger partial charge on any atom is 0.356 e. The van der Waals surface area contributed by atoms with Crippen LogP contribution in [0.2, 0.25) is 5.15 Å². The first-order chi connectivity index (χ1) is 18.6. The fourth-order valence-electron chi connectivity index (χ4n) is 4.69. The summed E-state index contributed by atoms with van der Waals surface area (Å²) in [6, 6.07) is 6.65. The minimum Gasteiger partial charge on any atom is -0.476 e. The predicted octanol–water partition coefficient (Wildman–Crippen LogP) is 3.42. The van der Waals surface area contributed by atoms with Crippen molar-refractivity contribution in [1.82, 2.24) is 24.5 Å². The van der Waals surface area contributed by atoms with Crippen LogP contribution < -0.4 is 20.7 Å². The van der Waals surface area contributed by atoms with Gasteiger partial charge in [-0.2, -0.15) is 0 Å². The highest BCUT2D eigenvalue weighted by molar-refractivity contribution is 6.29. The van der Waals surface area contributed by atoms with Crippen LogP contribution in [0.25, 0.3) is 10.9 Å². The van der Waals surface area contributed by atoms with Gasteiger partial charge in [-0.05, 0) is 44.2 Å². The number of carboxylic acid groups (broad SMARTS) is 1. The first kappa shape index (κ1) is 26.3. The number of halogens is 2. The van der Waals surface area contributed by atoms with E-state index in [9.17, 15) is 19.1 Å². The van der Waals surface area contributed by atoms with E-state index >= 15 is 0 Å². The molecule has 1 aromatic carbocycles. The number of hydrogen-bond donors (Lipinski definition) is 2. The number of carbonyl (C=O) groups is 1. The lowest BCUT2D eigenvalue weighted by molar-refractivity contribution is 0.0691. The number of aryl methyl sites for hydroxylation is 1. The van der Waals surface area contributed by atoms with Gasteiger partial charge in [0.05, 0.1) is 22.6 Å². The molecule has 11 nitrogen and oxygen atoms in total. The molecule has 39 heavy (non-hydrogen) atoms. The molecule has 0 unspecified atom stereocenters. The van der Waals surface area contributed by atoms with Crippen molar-refractivity contribution in [3.05, 3.63) is 74.8 Å². The van der Waals surface area contributed by atoms with Gasteiger partial charge in [-0.25, -0.2) is 29.1 Å². The Bertz CT molecular complexity index is 1640. The third-order valence-electron chi connectivity index (χ3n) is 6.68. The van der Waals surface area contributed by atoms with Crippen LogP contribution in [0.3, 0.4) is 0 Å². The topological polar surface area (TPSA) is 129 Å². The molecule has 1 atom stereocenters. The lowest BCUT2D eigenvalue weighted by Crippen LogP contribution is -2.48. The van der Waals surface area contributed by atoms with Gasteiger partial charge in [0.2, 0.25) is 11.9 Å². The van der Waals surface area contributed by atoms with E-state index in [2.05, 4.69) is 25.2 Å². The highest BCUT2D eigenvalue weighted by Crippen LogP contribution is 2.29. The van der Waals surface area contributed by atoms with Gasteiger partial charge in [-0.1, -0.05) is 11.6 Å². The van der Waals surface area contributed by atoms with Crippen molar-refractivity contribution in [2.75, 3.05) is 41.3 Å². The molecule has 202 valence electrons. The molecular formula is C26H26ClFN8O3. The quantitative estimate of drug-likeness (QED) is 0.343. The van der Waals surface area contributed by atoms with Gasteiger partial charge >= 0.3 is 5.97 Å². The molecule has 1 saturated heterocycles. The van der Waals surface area contributed by atoms with Crippen molar-refractivity contribution in [2.24, 2.45) is 7.05 Å². The van der Waals surface area contributed by atoms with E-state index in [0.29, 0.717) is 49.2 Å². The number of carboxylic acids is 1. The first-order valence-corrected chi connectivity index (χ1v) is 12.7. The molecule has 4 heterocycles. The van der Waals surface area contributed by atoms with Crippen molar-refractivity contribution in [1.29, 1.82) is 0 Å². The average molecular weight is 553 g/mol. The summed E-state index contributed by atoms with van der Waals surface area (Å²) >= 11 is 5.87.